The van der Waals surface area contributed by atoms with Crippen LogP contribution in [-0.2, 0) is 6.54 Å². The summed E-state index contributed by atoms with van der Waals surface area (Å²) in [5.41, 5.74) is 3.07. The lowest BCUT2D eigenvalue weighted by Gasteiger charge is -2.10. The summed E-state index contributed by atoms with van der Waals surface area (Å²) < 4.78 is 17.6. The molecule has 0 radical (unpaired) electrons. The Kier molecular flexibility index (Phi) is 5.41. The van der Waals surface area contributed by atoms with Crippen molar-refractivity contribution in [1.29, 1.82) is 0 Å². The Bertz CT molecular complexity index is 1080. The Balaban J connectivity index is 1.54. The molecule has 29 heavy (non-hydrogen) atoms. The Labute approximate surface area is 173 Å². The largest absolute Gasteiger partial charge is 0.318 e. The molecule has 0 spiro atoms. The van der Waals surface area contributed by atoms with Crippen molar-refractivity contribution in [2.24, 2.45) is 0 Å². The maximum Gasteiger partial charge on any atom is 0.191 e. The van der Waals surface area contributed by atoms with E-state index < -0.39 is 0 Å². The molecule has 0 bridgehead atoms. The summed E-state index contributed by atoms with van der Waals surface area (Å²) in [5, 5.41) is 9.37. The molecule has 1 aliphatic carbocycles. The first-order chi connectivity index (χ1) is 14.0. The summed E-state index contributed by atoms with van der Waals surface area (Å²) in [6.07, 6.45) is 4.11. The van der Waals surface area contributed by atoms with Crippen molar-refractivity contribution in [3.8, 4) is 5.69 Å². The second-order valence-corrected chi connectivity index (χ2v) is 8.27. The molecule has 0 amide bonds. The van der Waals surface area contributed by atoms with E-state index in [1.165, 1.54) is 23.9 Å². The predicted octanol–water partition coefficient (Wildman–Crippen LogP) is 4.86. The molecule has 2 aromatic heterocycles. The van der Waals surface area contributed by atoms with E-state index >= 15 is 0 Å². The lowest BCUT2D eigenvalue weighted by atomic mass is 10.2. The van der Waals surface area contributed by atoms with E-state index in [0.717, 1.165) is 35.2 Å². The van der Waals surface area contributed by atoms with Gasteiger partial charge in [-0.15, -0.1) is 16.8 Å². The fourth-order valence-corrected chi connectivity index (χ4v) is 4.45. The molecule has 4 rings (SSSR count). The van der Waals surface area contributed by atoms with Gasteiger partial charge in [-0.3, -0.25) is 4.79 Å². The third kappa shape index (κ3) is 3.92. The highest BCUT2D eigenvalue weighted by molar-refractivity contribution is 7.99. The Morgan fingerprint density at radius 3 is 2.79 bits per heavy atom. The number of Topliss-reactive ketones (excluding diaryl/α,β-unsaturated/α-hetero) is 1. The molecule has 150 valence electrons. The van der Waals surface area contributed by atoms with Gasteiger partial charge in [-0.25, -0.2) is 4.39 Å². The molecule has 1 fully saturated rings. The van der Waals surface area contributed by atoms with Crippen LogP contribution in [0.15, 0.2) is 48.1 Å². The standard InChI is InChI=1S/C22H23FN4OS/c1-4-10-26-21(16-8-9-16)24-25-22(26)29-13-20(28)19-11-14(2)27(15(19)3)18-7-5-6-17(23)12-18/h4-7,11-12,16H,1,8-10,13H2,2-3H3. The number of allylic oxidation sites excluding steroid dienone is 1. The summed E-state index contributed by atoms with van der Waals surface area (Å²) in [7, 11) is 0. The number of aryl methyl sites for hydroxylation is 1. The molecule has 2 heterocycles. The Morgan fingerprint density at radius 2 is 2.10 bits per heavy atom. The van der Waals surface area contributed by atoms with Crippen LogP contribution in [-0.4, -0.2) is 30.9 Å². The first-order valence-electron chi connectivity index (χ1n) is 9.64. The summed E-state index contributed by atoms with van der Waals surface area (Å²) in [6, 6.07) is 8.26. The molecular weight excluding hydrogens is 387 g/mol. The predicted molar refractivity (Wildman–Crippen MR) is 112 cm³/mol. The lowest BCUT2D eigenvalue weighted by Crippen LogP contribution is -2.08. The SMILES string of the molecule is C=CCn1c(SCC(=O)c2cc(C)n(-c3cccc(F)c3)c2C)nnc1C1CC1. The van der Waals surface area contributed by atoms with E-state index in [9.17, 15) is 9.18 Å². The smallest absolute Gasteiger partial charge is 0.191 e. The number of carbonyl (C=O) groups excluding carboxylic acids is 1. The number of aromatic nitrogens is 4. The van der Waals surface area contributed by atoms with Gasteiger partial charge in [-0.2, -0.15) is 0 Å². The highest BCUT2D eigenvalue weighted by Gasteiger charge is 2.30. The maximum atomic E-state index is 13.6. The zero-order valence-corrected chi connectivity index (χ0v) is 17.4. The van der Waals surface area contributed by atoms with Crippen LogP contribution in [0.1, 0.15) is 46.3 Å². The fourth-order valence-electron chi connectivity index (χ4n) is 3.62. The maximum absolute atomic E-state index is 13.6. The quantitative estimate of drug-likeness (QED) is 0.302. The zero-order valence-electron chi connectivity index (χ0n) is 16.6. The number of halogens is 1. The van der Waals surface area contributed by atoms with Gasteiger partial charge in [-0.05, 0) is 51.0 Å². The topological polar surface area (TPSA) is 52.7 Å². The van der Waals surface area contributed by atoms with E-state index in [4.69, 9.17) is 0 Å². The molecule has 1 aromatic carbocycles. The molecule has 0 aliphatic heterocycles. The number of benzene rings is 1. The number of ketones is 1. The molecule has 0 saturated heterocycles. The number of hydrogen-bond donors (Lipinski definition) is 0. The first kappa shape index (κ1) is 19.6. The van der Waals surface area contributed by atoms with Gasteiger partial charge in [0.15, 0.2) is 10.9 Å². The molecule has 5 nitrogen and oxygen atoms in total. The second kappa shape index (κ2) is 7.99. The summed E-state index contributed by atoms with van der Waals surface area (Å²) in [4.78, 5) is 12.9. The highest BCUT2D eigenvalue weighted by Crippen LogP contribution is 2.40. The molecule has 7 heteroatoms. The van der Waals surface area contributed by atoms with E-state index in [1.54, 1.807) is 6.07 Å². The third-order valence-corrected chi connectivity index (χ3v) is 6.10. The molecule has 1 saturated carbocycles. The van der Waals surface area contributed by atoms with Crippen molar-refractivity contribution in [1.82, 2.24) is 19.3 Å². The average Bonchev–Trinajstić information content (AvgIpc) is 3.39. The Morgan fingerprint density at radius 1 is 1.31 bits per heavy atom. The second-order valence-electron chi connectivity index (χ2n) is 7.33. The van der Waals surface area contributed by atoms with Crippen molar-refractivity contribution in [3.63, 3.8) is 0 Å². The van der Waals surface area contributed by atoms with Gasteiger partial charge < -0.3 is 9.13 Å². The minimum atomic E-state index is -0.300. The summed E-state index contributed by atoms with van der Waals surface area (Å²) in [5.74, 6) is 1.47. The third-order valence-electron chi connectivity index (χ3n) is 5.13. The normalized spacial score (nSPS) is 13.6. The first-order valence-corrected chi connectivity index (χ1v) is 10.6. The van der Waals surface area contributed by atoms with Crippen LogP contribution >= 0.6 is 11.8 Å². The average molecular weight is 411 g/mol. The van der Waals surface area contributed by atoms with Gasteiger partial charge in [0.1, 0.15) is 11.6 Å². The Hall–Kier alpha value is -2.67. The van der Waals surface area contributed by atoms with E-state index in [0.29, 0.717) is 23.7 Å². The number of carbonyl (C=O) groups is 1. The monoisotopic (exact) mass is 410 g/mol. The molecule has 0 atom stereocenters. The summed E-state index contributed by atoms with van der Waals surface area (Å²) in [6.45, 7) is 8.27. The highest BCUT2D eigenvalue weighted by atomic mass is 32.2. The van der Waals surface area contributed by atoms with Crippen molar-refractivity contribution < 1.29 is 9.18 Å². The zero-order chi connectivity index (χ0) is 20.5. The van der Waals surface area contributed by atoms with Crippen LogP contribution in [0.2, 0.25) is 0 Å². The number of rotatable bonds is 8. The number of hydrogen-bond acceptors (Lipinski definition) is 4. The van der Waals surface area contributed by atoms with Gasteiger partial charge in [-0.1, -0.05) is 23.9 Å². The molecular formula is C22H23FN4OS. The van der Waals surface area contributed by atoms with Crippen LogP contribution in [0.3, 0.4) is 0 Å². The van der Waals surface area contributed by atoms with Crippen molar-refractivity contribution in [2.45, 2.75) is 44.3 Å². The number of nitrogens with zero attached hydrogens (tertiary/aromatic N) is 4. The molecule has 0 unspecified atom stereocenters. The van der Waals surface area contributed by atoms with Crippen LogP contribution in [0.4, 0.5) is 4.39 Å². The van der Waals surface area contributed by atoms with Gasteiger partial charge in [0.05, 0.1) is 5.75 Å². The van der Waals surface area contributed by atoms with E-state index in [-0.39, 0.29) is 17.4 Å². The molecule has 0 N–H and O–H groups in total. The van der Waals surface area contributed by atoms with E-state index in [1.807, 2.05) is 36.6 Å². The van der Waals surface area contributed by atoms with Gasteiger partial charge >= 0.3 is 0 Å². The van der Waals surface area contributed by atoms with E-state index in [2.05, 4.69) is 21.3 Å². The van der Waals surface area contributed by atoms with Crippen molar-refractivity contribution >= 4 is 17.5 Å². The van der Waals surface area contributed by atoms with Gasteiger partial charge in [0, 0.05) is 35.1 Å². The van der Waals surface area contributed by atoms with Crippen LogP contribution < -0.4 is 0 Å². The molecule has 3 aromatic rings. The van der Waals surface area contributed by atoms with Crippen molar-refractivity contribution in [3.05, 3.63) is 71.6 Å². The van der Waals surface area contributed by atoms with Crippen LogP contribution in [0.25, 0.3) is 5.69 Å². The lowest BCUT2D eigenvalue weighted by molar-refractivity contribution is 0.102. The van der Waals surface area contributed by atoms with Gasteiger partial charge in [0.2, 0.25) is 0 Å². The van der Waals surface area contributed by atoms with Crippen LogP contribution in [0.5, 0.6) is 0 Å². The van der Waals surface area contributed by atoms with Gasteiger partial charge in [0.25, 0.3) is 0 Å². The minimum absolute atomic E-state index is 0.0203. The minimum Gasteiger partial charge on any atom is -0.318 e. The number of thioether (sulfide) groups is 1. The van der Waals surface area contributed by atoms with Crippen molar-refractivity contribution in [2.75, 3.05) is 5.75 Å². The summed E-state index contributed by atoms with van der Waals surface area (Å²) >= 11 is 1.40. The van der Waals surface area contributed by atoms with Crippen LogP contribution in [0, 0.1) is 19.7 Å². The fraction of sp³-hybridized carbons (Fsp3) is 0.318. The molecule has 1 aliphatic rings.